The molecule has 10 heteroatoms. The van der Waals surface area contributed by atoms with Crippen molar-refractivity contribution in [2.75, 3.05) is 24.7 Å². The van der Waals surface area contributed by atoms with Crippen LogP contribution in [0.2, 0.25) is 0 Å². The Bertz CT molecular complexity index is 815. The number of anilines is 1. The molecule has 0 saturated carbocycles. The van der Waals surface area contributed by atoms with Crippen molar-refractivity contribution in [1.29, 1.82) is 0 Å². The fourth-order valence-electron chi connectivity index (χ4n) is 2.16. The van der Waals surface area contributed by atoms with Crippen LogP contribution in [-0.2, 0) is 15.1 Å². The molecule has 0 aliphatic heterocycles. The Labute approximate surface area is 162 Å². The van der Waals surface area contributed by atoms with E-state index in [1.807, 2.05) is 33.8 Å². The maximum absolute atomic E-state index is 12.1. The fourth-order valence-corrected chi connectivity index (χ4v) is 3.05. The highest BCUT2D eigenvalue weighted by atomic mass is 32.2. The number of nitrogens with zero attached hydrogens (tertiary/aromatic N) is 4. The quantitative estimate of drug-likeness (QED) is 0.688. The van der Waals surface area contributed by atoms with Gasteiger partial charge in [-0.15, -0.1) is 5.10 Å². The lowest BCUT2D eigenvalue weighted by Crippen LogP contribution is -2.34. The Morgan fingerprint density at radius 1 is 1.26 bits per heavy atom. The molecule has 0 bridgehead atoms. The standard InChI is InChI=1S/C17H24N6O3S/c1-11-6-7-13(26-5)12(8-11)19-14(24)9-18-15(25)10-27-16-20-21-22-23(16)17(2,3)4/h6-8H,9-10H2,1-5H3,(H,18,25)(H,19,24). The average Bonchev–Trinajstić information content (AvgIpc) is 3.07. The largest absolute Gasteiger partial charge is 0.495 e. The van der Waals surface area contributed by atoms with Gasteiger partial charge in [0.25, 0.3) is 0 Å². The van der Waals surface area contributed by atoms with E-state index in [2.05, 4.69) is 26.2 Å². The van der Waals surface area contributed by atoms with Crippen molar-refractivity contribution >= 4 is 29.3 Å². The van der Waals surface area contributed by atoms with Crippen LogP contribution >= 0.6 is 11.8 Å². The summed E-state index contributed by atoms with van der Waals surface area (Å²) in [5, 5.41) is 17.4. The van der Waals surface area contributed by atoms with E-state index in [4.69, 9.17) is 4.74 Å². The number of ether oxygens (including phenoxy) is 1. The zero-order valence-electron chi connectivity index (χ0n) is 16.1. The number of hydrogen-bond acceptors (Lipinski definition) is 7. The van der Waals surface area contributed by atoms with Gasteiger partial charge in [0.2, 0.25) is 17.0 Å². The number of nitrogens with one attached hydrogen (secondary N) is 2. The van der Waals surface area contributed by atoms with Gasteiger partial charge in [0.15, 0.2) is 0 Å². The second-order valence-electron chi connectivity index (χ2n) is 6.86. The number of tetrazole rings is 1. The SMILES string of the molecule is COc1ccc(C)cc1NC(=O)CNC(=O)CSc1nnnn1C(C)(C)C. The Morgan fingerprint density at radius 2 is 2.00 bits per heavy atom. The molecule has 2 N–H and O–H groups in total. The zero-order chi connectivity index (χ0) is 20.0. The first-order valence-electron chi connectivity index (χ1n) is 8.33. The van der Waals surface area contributed by atoms with Crippen LogP contribution in [-0.4, -0.2) is 51.4 Å². The van der Waals surface area contributed by atoms with Crippen LogP contribution in [0.15, 0.2) is 23.4 Å². The number of aromatic nitrogens is 4. The second kappa shape index (κ2) is 8.85. The average molecular weight is 392 g/mol. The summed E-state index contributed by atoms with van der Waals surface area (Å²) in [6.07, 6.45) is 0. The number of benzene rings is 1. The molecule has 0 radical (unpaired) electrons. The third-order valence-electron chi connectivity index (χ3n) is 3.48. The Balaban J connectivity index is 1.83. The maximum atomic E-state index is 12.1. The minimum atomic E-state index is -0.336. The summed E-state index contributed by atoms with van der Waals surface area (Å²) in [5.74, 6) is 0.0498. The van der Waals surface area contributed by atoms with Crippen LogP contribution in [0.5, 0.6) is 5.75 Å². The van der Waals surface area contributed by atoms with Crippen LogP contribution in [0.4, 0.5) is 5.69 Å². The topological polar surface area (TPSA) is 111 Å². The summed E-state index contributed by atoms with van der Waals surface area (Å²) in [6.45, 7) is 7.69. The number of carbonyl (C=O) groups excluding carboxylic acids is 2. The van der Waals surface area contributed by atoms with Crippen LogP contribution in [0, 0.1) is 6.92 Å². The Morgan fingerprint density at radius 3 is 2.67 bits per heavy atom. The molecule has 1 aromatic carbocycles. The van der Waals surface area contributed by atoms with Crippen molar-refractivity contribution in [2.45, 2.75) is 38.4 Å². The van der Waals surface area contributed by atoms with Crippen LogP contribution in [0.3, 0.4) is 0 Å². The Hall–Kier alpha value is -2.62. The number of amides is 2. The van der Waals surface area contributed by atoms with E-state index in [-0.39, 0.29) is 29.7 Å². The number of thioether (sulfide) groups is 1. The van der Waals surface area contributed by atoms with Gasteiger partial charge in [-0.2, -0.15) is 0 Å². The van der Waals surface area contributed by atoms with E-state index in [1.165, 1.54) is 18.9 Å². The lowest BCUT2D eigenvalue weighted by atomic mass is 10.1. The van der Waals surface area contributed by atoms with E-state index in [0.29, 0.717) is 16.6 Å². The smallest absolute Gasteiger partial charge is 0.243 e. The second-order valence-corrected chi connectivity index (χ2v) is 7.80. The molecule has 0 fully saturated rings. The van der Waals surface area contributed by atoms with Gasteiger partial charge in [-0.25, -0.2) is 4.68 Å². The van der Waals surface area contributed by atoms with Crippen LogP contribution < -0.4 is 15.4 Å². The number of aryl methyl sites for hydroxylation is 1. The van der Waals surface area contributed by atoms with Crippen molar-refractivity contribution < 1.29 is 14.3 Å². The molecule has 2 amide bonds. The van der Waals surface area contributed by atoms with E-state index in [1.54, 1.807) is 16.8 Å². The molecule has 1 heterocycles. The molecule has 146 valence electrons. The zero-order valence-corrected chi connectivity index (χ0v) is 16.9. The van der Waals surface area contributed by atoms with Crippen molar-refractivity contribution in [2.24, 2.45) is 0 Å². The summed E-state index contributed by atoms with van der Waals surface area (Å²) in [4.78, 5) is 24.1. The molecule has 0 unspecified atom stereocenters. The molecule has 0 atom stereocenters. The highest BCUT2D eigenvalue weighted by molar-refractivity contribution is 7.99. The first-order valence-corrected chi connectivity index (χ1v) is 9.32. The third kappa shape index (κ3) is 5.95. The maximum Gasteiger partial charge on any atom is 0.243 e. The molecule has 0 aliphatic rings. The molecule has 9 nitrogen and oxygen atoms in total. The first-order chi connectivity index (χ1) is 12.7. The molecule has 0 spiro atoms. The third-order valence-corrected chi connectivity index (χ3v) is 4.40. The monoisotopic (exact) mass is 392 g/mol. The Kier molecular flexibility index (Phi) is 6.78. The molecule has 1 aromatic heterocycles. The summed E-state index contributed by atoms with van der Waals surface area (Å²) in [6, 6.07) is 5.47. The van der Waals surface area contributed by atoms with Gasteiger partial charge in [0.05, 0.1) is 30.6 Å². The first kappa shape index (κ1) is 20.7. The highest BCUT2D eigenvalue weighted by Crippen LogP contribution is 2.25. The molecule has 2 aromatic rings. The van der Waals surface area contributed by atoms with Gasteiger partial charge in [-0.05, 0) is 55.8 Å². The molecule has 2 rings (SSSR count). The van der Waals surface area contributed by atoms with Crippen molar-refractivity contribution in [1.82, 2.24) is 25.5 Å². The van der Waals surface area contributed by atoms with Gasteiger partial charge in [0.1, 0.15) is 5.75 Å². The summed E-state index contributed by atoms with van der Waals surface area (Å²) < 4.78 is 6.87. The van der Waals surface area contributed by atoms with E-state index in [0.717, 1.165) is 5.56 Å². The van der Waals surface area contributed by atoms with Gasteiger partial charge in [-0.1, -0.05) is 17.8 Å². The highest BCUT2D eigenvalue weighted by Gasteiger charge is 2.20. The minimum Gasteiger partial charge on any atom is -0.495 e. The van der Waals surface area contributed by atoms with Gasteiger partial charge in [0, 0.05) is 0 Å². The molecular formula is C17H24N6O3S. The minimum absolute atomic E-state index is 0.109. The fraction of sp³-hybridized carbons (Fsp3) is 0.471. The lowest BCUT2D eigenvalue weighted by molar-refractivity contribution is -0.122. The predicted molar refractivity (Wildman–Crippen MR) is 103 cm³/mol. The van der Waals surface area contributed by atoms with Gasteiger partial charge in [-0.3, -0.25) is 9.59 Å². The number of carbonyl (C=O) groups is 2. The van der Waals surface area contributed by atoms with E-state index >= 15 is 0 Å². The number of hydrogen-bond donors (Lipinski definition) is 2. The van der Waals surface area contributed by atoms with Crippen LogP contribution in [0.1, 0.15) is 26.3 Å². The summed E-state index contributed by atoms with van der Waals surface area (Å²) in [5.41, 5.74) is 1.27. The molecule has 0 saturated heterocycles. The normalized spacial score (nSPS) is 11.1. The van der Waals surface area contributed by atoms with Crippen molar-refractivity contribution in [3.63, 3.8) is 0 Å². The predicted octanol–water partition coefficient (Wildman–Crippen LogP) is 1.59. The van der Waals surface area contributed by atoms with Crippen molar-refractivity contribution in [3.05, 3.63) is 23.8 Å². The molecular weight excluding hydrogens is 368 g/mol. The van der Waals surface area contributed by atoms with E-state index in [9.17, 15) is 9.59 Å². The lowest BCUT2D eigenvalue weighted by Gasteiger charge is -2.19. The van der Waals surface area contributed by atoms with Crippen LogP contribution in [0.25, 0.3) is 0 Å². The number of methoxy groups -OCH3 is 1. The molecule has 27 heavy (non-hydrogen) atoms. The van der Waals surface area contributed by atoms with Gasteiger partial charge >= 0.3 is 0 Å². The molecule has 0 aliphatic carbocycles. The summed E-state index contributed by atoms with van der Waals surface area (Å²) >= 11 is 1.22. The van der Waals surface area contributed by atoms with E-state index < -0.39 is 0 Å². The summed E-state index contributed by atoms with van der Waals surface area (Å²) in [7, 11) is 1.53. The number of rotatable bonds is 7. The van der Waals surface area contributed by atoms with Crippen molar-refractivity contribution in [3.8, 4) is 5.75 Å². The van der Waals surface area contributed by atoms with Gasteiger partial charge < -0.3 is 15.4 Å².